The maximum atomic E-state index is 5.67. The maximum Gasteiger partial charge on any atom is 0.0344 e. The van der Waals surface area contributed by atoms with Gasteiger partial charge in [-0.2, -0.15) is 0 Å². The second-order valence-electron chi connectivity index (χ2n) is 4.46. The van der Waals surface area contributed by atoms with Gasteiger partial charge in [0.2, 0.25) is 0 Å². The van der Waals surface area contributed by atoms with Gasteiger partial charge in [-0.05, 0) is 64.9 Å². The molecule has 5 heteroatoms. The fraction of sp³-hybridized carbons (Fsp3) is 0.200. The van der Waals surface area contributed by atoms with E-state index in [0.29, 0.717) is 0 Å². The highest BCUT2D eigenvalue weighted by Crippen LogP contribution is 2.23. The van der Waals surface area contributed by atoms with Crippen LogP contribution in [0.4, 0.5) is 0 Å². The third-order valence-corrected chi connectivity index (χ3v) is 5.25. The first-order chi connectivity index (χ1) is 9.67. The molecule has 0 aliphatic heterocycles. The molecule has 20 heavy (non-hydrogen) atoms. The summed E-state index contributed by atoms with van der Waals surface area (Å²) in [6, 6.07) is 17.2. The number of rotatable bonds is 6. The lowest BCUT2D eigenvalue weighted by molar-refractivity contribution is 0.575. The van der Waals surface area contributed by atoms with Gasteiger partial charge in [0.15, 0.2) is 0 Å². The number of hydrazine groups is 1. The summed E-state index contributed by atoms with van der Waals surface area (Å²) < 4.78 is 2.37. The van der Waals surface area contributed by atoms with E-state index in [1.165, 1.54) is 14.0 Å². The van der Waals surface area contributed by atoms with Gasteiger partial charge >= 0.3 is 0 Å². The lowest BCUT2D eigenvalue weighted by atomic mass is 10.1. The van der Waals surface area contributed by atoms with Crippen LogP contribution in [0.5, 0.6) is 0 Å². The second kappa shape index (κ2) is 8.38. The fourth-order valence-corrected chi connectivity index (χ4v) is 3.73. The van der Waals surface area contributed by atoms with E-state index in [9.17, 15) is 0 Å². The first kappa shape index (κ1) is 16.3. The fourth-order valence-electron chi connectivity index (χ4n) is 1.82. The predicted octanol–water partition coefficient (Wildman–Crippen LogP) is 4.22. The van der Waals surface area contributed by atoms with Crippen LogP contribution in [0.3, 0.4) is 0 Å². The Bertz CT molecular complexity index is 548. The van der Waals surface area contributed by atoms with Gasteiger partial charge < -0.3 is 0 Å². The van der Waals surface area contributed by atoms with Gasteiger partial charge in [-0.3, -0.25) is 11.3 Å². The molecule has 0 aliphatic rings. The van der Waals surface area contributed by atoms with Crippen LogP contribution in [-0.2, 0) is 6.42 Å². The molecule has 0 spiro atoms. The van der Waals surface area contributed by atoms with Gasteiger partial charge in [-0.25, -0.2) is 0 Å². The van der Waals surface area contributed by atoms with Gasteiger partial charge in [0.25, 0.3) is 0 Å². The van der Waals surface area contributed by atoms with E-state index in [2.05, 4.69) is 86.4 Å². The number of hydrogen-bond donors (Lipinski definition) is 2. The highest BCUT2D eigenvalue weighted by molar-refractivity contribution is 14.1. The molecule has 0 radical (unpaired) electrons. The molecular formula is C15H16BrIN2S. The Morgan fingerprint density at radius 3 is 2.60 bits per heavy atom. The minimum atomic E-state index is 0.263. The van der Waals surface area contributed by atoms with Crippen molar-refractivity contribution < 1.29 is 0 Å². The average molecular weight is 463 g/mol. The maximum absolute atomic E-state index is 5.67. The standard InChI is InChI=1S/C15H16BrIN2S/c16-12-2-1-3-15(9-12)20-10-14(19-18)8-11-4-6-13(17)7-5-11/h1-7,9,14,19H,8,10,18H2. The van der Waals surface area contributed by atoms with E-state index in [1.807, 2.05) is 17.8 Å². The number of benzene rings is 2. The lowest BCUT2D eigenvalue weighted by Crippen LogP contribution is -2.38. The molecule has 1 atom stereocenters. The lowest BCUT2D eigenvalue weighted by Gasteiger charge is -2.15. The van der Waals surface area contributed by atoms with Gasteiger partial charge in [0, 0.05) is 24.7 Å². The highest BCUT2D eigenvalue weighted by Gasteiger charge is 2.08. The Hall–Kier alpha value is -0.0800. The number of halogens is 2. The third kappa shape index (κ3) is 5.37. The molecule has 2 aromatic carbocycles. The van der Waals surface area contributed by atoms with E-state index in [0.717, 1.165) is 16.6 Å². The van der Waals surface area contributed by atoms with Gasteiger partial charge in [-0.1, -0.05) is 34.1 Å². The summed E-state index contributed by atoms with van der Waals surface area (Å²) in [5.74, 6) is 6.61. The molecule has 2 rings (SSSR count). The van der Waals surface area contributed by atoms with Crippen molar-refractivity contribution in [3.8, 4) is 0 Å². The first-order valence-corrected chi connectivity index (χ1v) is 9.12. The summed E-state index contributed by atoms with van der Waals surface area (Å²) in [5.41, 5.74) is 4.22. The smallest absolute Gasteiger partial charge is 0.0344 e. The van der Waals surface area contributed by atoms with E-state index >= 15 is 0 Å². The summed E-state index contributed by atoms with van der Waals surface area (Å²) in [7, 11) is 0. The van der Waals surface area contributed by atoms with Crippen molar-refractivity contribution >= 4 is 50.3 Å². The molecule has 0 bridgehead atoms. The summed E-state index contributed by atoms with van der Waals surface area (Å²) in [4.78, 5) is 1.25. The summed E-state index contributed by atoms with van der Waals surface area (Å²) in [6.07, 6.45) is 0.939. The molecule has 2 aromatic rings. The zero-order valence-electron chi connectivity index (χ0n) is 10.9. The highest BCUT2D eigenvalue weighted by atomic mass is 127. The van der Waals surface area contributed by atoms with Crippen molar-refractivity contribution in [3.05, 3.63) is 62.1 Å². The normalized spacial score (nSPS) is 12.3. The molecule has 0 aliphatic carbocycles. The summed E-state index contributed by atoms with van der Waals surface area (Å²) >= 11 is 7.63. The minimum absolute atomic E-state index is 0.263. The molecule has 3 N–H and O–H groups in total. The van der Waals surface area contributed by atoms with Crippen molar-refractivity contribution in [1.82, 2.24) is 5.43 Å². The van der Waals surface area contributed by atoms with Crippen LogP contribution < -0.4 is 11.3 Å². The van der Waals surface area contributed by atoms with Crippen molar-refractivity contribution in [2.75, 3.05) is 5.75 Å². The Morgan fingerprint density at radius 2 is 1.95 bits per heavy atom. The predicted molar refractivity (Wildman–Crippen MR) is 98.8 cm³/mol. The molecule has 2 nitrogen and oxygen atoms in total. The van der Waals surface area contributed by atoms with Crippen molar-refractivity contribution in [1.29, 1.82) is 0 Å². The monoisotopic (exact) mass is 462 g/mol. The SMILES string of the molecule is NNC(CSc1cccc(Br)c1)Cc1ccc(I)cc1. The molecule has 1 unspecified atom stereocenters. The van der Waals surface area contributed by atoms with E-state index in [1.54, 1.807) is 0 Å². The molecule has 0 saturated carbocycles. The van der Waals surface area contributed by atoms with Crippen LogP contribution in [0.25, 0.3) is 0 Å². The van der Waals surface area contributed by atoms with Crippen LogP contribution in [0.15, 0.2) is 57.9 Å². The zero-order valence-corrected chi connectivity index (χ0v) is 15.4. The number of thioether (sulfide) groups is 1. The minimum Gasteiger partial charge on any atom is -0.271 e. The van der Waals surface area contributed by atoms with Crippen molar-refractivity contribution in [2.24, 2.45) is 5.84 Å². The molecular weight excluding hydrogens is 447 g/mol. The van der Waals surface area contributed by atoms with Crippen LogP contribution in [0, 0.1) is 3.57 Å². The molecule has 0 amide bonds. The van der Waals surface area contributed by atoms with E-state index in [-0.39, 0.29) is 6.04 Å². The van der Waals surface area contributed by atoms with E-state index in [4.69, 9.17) is 5.84 Å². The molecule has 106 valence electrons. The zero-order chi connectivity index (χ0) is 14.4. The molecule has 0 saturated heterocycles. The quantitative estimate of drug-likeness (QED) is 0.292. The second-order valence-corrected chi connectivity index (χ2v) is 7.72. The summed E-state index contributed by atoms with van der Waals surface area (Å²) in [6.45, 7) is 0. The number of hydrogen-bond acceptors (Lipinski definition) is 3. The number of nitrogens with one attached hydrogen (secondary N) is 1. The summed E-state index contributed by atoms with van der Waals surface area (Å²) in [5, 5.41) is 0. The topological polar surface area (TPSA) is 38.0 Å². The molecule has 0 fully saturated rings. The van der Waals surface area contributed by atoms with Crippen LogP contribution in [0.2, 0.25) is 0 Å². The van der Waals surface area contributed by atoms with Crippen LogP contribution in [0.1, 0.15) is 5.56 Å². The first-order valence-electron chi connectivity index (χ1n) is 6.26. The van der Waals surface area contributed by atoms with Gasteiger partial charge in [-0.15, -0.1) is 11.8 Å². The Morgan fingerprint density at radius 1 is 1.20 bits per heavy atom. The number of nitrogens with two attached hydrogens (primary N) is 1. The Balaban J connectivity index is 1.90. The van der Waals surface area contributed by atoms with Crippen LogP contribution >= 0.6 is 50.3 Å². The molecule has 0 heterocycles. The van der Waals surface area contributed by atoms with E-state index < -0.39 is 0 Å². The Kier molecular flexibility index (Phi) is 6.83. The van der Waals surface area contributed by atoms with Crippen LogP contribution in [-0.4, -0.2) is 11.8 Å². The van der Waals surface area contributed by atoms with Gasteiger partial charge in [0.1, 0.15) is 0 Å². The Labute approximate surface area is 146 Å². The average Bonchev–Trinajstić information content (AvgIpc) is 2.45. The van der Waals surface area contributed by atoms with Gasteiger partial charge in [0.05, 0.1) is 0 Å². The largest absolute Gasteiger partial charge is 0.271 e. The van der Waals surface area contributed by atoms with Crippen molar-refractivity contribution in [3.63, 3.8) is 0 Å². The molecule has 0 aromatic heterocycles. The van der Waals surface area contributed by atoms with Crippen molar-refractivity contribution in [2.45, 2.75) is 17.4 Å². The third-order valence-electron chi connectivity index (χ3n) is 2.88.